The van der Waals surface area contributed by atoms with Crippen molar-refractivity contribution in [1.29, 1.82) is 0 Å². The van der Waals surface area contributed by atoms with Crippen LogP contribution in [0.5, 0.6) is 0 Å². The Morgan fingerprint density at radius 2 is 1.88 bits per heavy atom. The largest absolute Gasteiger partial charge is 0.240 e. The van der Waals surface area contributed by atoms with Crippen molar-refractivity contribution in [2.45, 2.75) is 39.0 Å². The molecule has 1 rings (SSSR count). The van der Waals surface area contributed by atoms with E-state index in [0.717, 1.165) is 12.0 Å². The summed E-state index contributed by atoms with van der Waals surface area (Å²) in [7, 11) is -3.36. The molecule has 0 fully saturated rings. The van der Waals surface area contributed by atoms with Crippen LogP contribution in [0.2, 0.25) is 0 Å². The van der Waals surface area contributed by atoms with Crippen molar-refractivity contribution in [3.63, 3.8) is 0 Å². The molecule has 1 aromatic rings. The molecule has 0 amide bonds. The molecule has 0 radical (unpaired) electrons. The van der Waals surface area contributed by atoms with Crippen molar-refractivity contribution < 1.29 is 8.42 Å². The van der Waals surface area contributed by atoms with Gasteiger partial charge in [0.15, 0.2) is 0 Å². The van der Waals surface area contributed by atoms with Gasteiger partial charge < -0.3 is 0 Å². The molecule has 0 atom stereocenters. The number of nitrogens with one attached hydrogen (secondary N) is 1. The average Bonchev–Trinajstić information content (AvgIpc) is 2.15. The molecular weight excluding hydrogens is 234 g/mol. The fraction of sp³-hybridized carbons (Fsp3) is 0.538. The van der Waals surface area contributed by atoms with Gasteiger partial charge in [-0.1, -0.05) is 32.9 Å². The van der Waals surface area contributed by atoms with Gasteiger partial charge in [0.05, 0.1) is 4.90 Å². The molecule has 0 saturated heterocycles. The van der Waals surface area contributed by atoms with Gasteiger partial charge in [0.1, 0.15) is 0 Å². The van der Waals surface area contributed by atoms with Crippen molar-refractivity contribution in [2.75, 3.05) is 6.54 Å². The number of rotatable bonds is 4. The molecule has 4 heteroatoms. The number of hydrogen-bond acceptors (Lipinski definition) is 2. The topological polar surface area (TPSA) is 46.2 Å². The van der Waals surface area contributed by atoms with Crippen LogP contribution < -0.4 is 4.72 Å². The Morgan fingerprint density at radius 3 is 2.41 bits per heavy atom. The molecule has 0 bridgehead atoms. The lowest BCUT2D eigenvalue weighted by Crippen LogP contribution is -2.27. The maximum absolute atomic E-state index is 12.0. The van der Waals surface area contributed by atoms with Crippen LogP contribution in [0.25, 0.3) is 0 Å². The van der Waals surface area contributed by atoms with E-state index in [4.69, 9.17) is 0 Å². The van der Waals surface area contributed by atoms with E-state index in [0.29, 0.717) is 11.4 Å². The molecule has 0 heterocycles. The van der Waals surface area contributed by atoms with E-state index in [1.54, 1.807) is 18.2 Å². The molecule has 0 aliphatic heterocycles. The van der Waals surface area contributed by atoms with Gasteiger partial charge in [-0.15, -0.1) is 0 Å². The minimum Gasteiger partial charge on any atom is -0.211 e. The summed E-state index contributed by atoms with van der Waals surface area (Å²) in [6, 6.07) is 6.94. The molecule has 0 unspecified atom stereocenters. The van der Waals surface area contributed by atoms with Gasteiger partial charge in [-0.3, -0.25) is 0 Å². The number of aryl methyl sites for hydroxylation is 1. The first kappa shape index (κ1) is 14.2. The second kappa shape index (κ2) is 5.19. The van der Waals surface area contributed by atoms with E-state index in [9.17, 15) is 8.42 Å². The SMILES string of the molecule is Cc1cccc(S(=O)(=O)NCCC(C)(C)C)c1. The van der Waals surface area contributed by atoms with Crippen LogP contribution in [0, 0.1) is 12.3 Å². The second-order valence-corrected chi connectivity index (χ2v) is 7.29. The minimum atomic E-state index is -3.36. The fourth-order valence-electron chi connectivity index (χ4n) is 1.43. The summed E-state index contributed by atoms with van der Waals surface area (Å²) in [5, 5.41) is 0. The molecule has 0 aromatic heterocycles. The zero-order valence-electron chi connectivity index (χ0n) is 10.9. The second-order valence-electron chi connectivity index (χ2n) is 5.52. The van der Waals surface area contributed by atoms with Crippen LogP contribution in [0.15, 0.2) is 29.2 Å². The van der Waals surface area contributed by atoms with Gasteiger partial charge >= 0.3 is 0 Å². The van der Waals surface area contributed by atoms with E-state index < -0.39 is 10.0 Å². The number of sulfonamides is 1. The fourth-order valence-corrected chi connectivity index (χ4v) is 2.56. The number of benzene rings is 1. The summed E-state index contributed by atoms with van der Waals surface area (Å²) in [5.74, 6) is 0. The van der Waals surface area contributed by atoms with E-state index >= 15 is 0 Å². The van der Waals surface area contributed by atoms with E-state index in [2.05, 4.69) is 25.5 Å². The van der Waals surface area contributed by atoms with E-state index in [1.165, 1.54) is 0 Å². The molecule has 1 aromatic carbocycles. The maximum atomic E-state index is 12.0. The van der Waals surface area contributed by atoms with E-state index in [1.807, 2.05) is 13.0 Å². The van der Waals surface area contributed by atoms with Crippen LogP contribution in [-0.2, 0) is 10.0 Å². The summed E-state index contributed by atoms with van der Waals surface area (Å²) in [4.78, 5) is 0.339. The zero-order chi connectivity index (χ0) is 13.1. The Kier molecular flexibility index (Phi) is 4.33. The van der Waals surface area contributed by atoms with Crippen molar-refractivity contribution >= 4 is 10.0 Å². The lowest BCUT2D eigenvalue weighted by Gasteiger charge is -2.18. The first-order valence-corrected chi connectivity index (χ1v) is 7.25. The Hall–Kier alpha value is -0.870. The highest BCUT2D eigenvalue weighted by atomic mass is 32.2. The highest BCUT2D eigenvalue weighted by Gasteiger charge is 2.15. The summed E-state index contributed by atoms with van der Waals surface area (Å²) in [5.41, 5.74) is 1.08. The first-order chi connectivity index (χ1) is 7.71. The summed E-state index contributed by atoms with van der Waals surface area (Å²) >= 11 is 0. The van der Waals surface area contributed by atoms with Gasteiger partial charge in [-0.25, -0.2) is 13.1 Å². The predicted molar refractivity (Wildman–Crippen MR) is 70.4 cm³/mol. The monoisotopic (exact) mass is 255 g/mol. The molecule has 17 heavy (non-hydrogen) atoms. The van der Waals surface area contributed by atoms with Gasteiger partial charge in [0.2, 0.25) is 10.0 Å². The first-order valence-electron chi connectivity index (χ1n) is 5.77. The van der Waals surface area contributed by atoms with Crippen molar-refractivity contribution in [3.8, 4) is 0 Å². The molecule has 0 aliphatic rings. The Labute approximate surface area is 104 Å². The highest BCUT2D eigenvalue weighted by molar-refractivity contribution is 7.89. The summed E-state index contributed by atoms with van der Waals surface area (Å²) < 4.78 is 26.5. The third-order valence-corrected chi connectivity index (χ3v) is 3.93. The predicted octanol–water partition coefficient (Wildman–Crippen LogP) is 2.71. The Balaban J connectivity index is 2.70. The maximum Gasteiger partial charge on any atom is 0.240 e. The minimum absolute atomic E-state index is 0.134. The quantitative estimate of drug-likeness (QED) is 0.899. The summed E-state index contributed by atoms with van der Waals surface area (Å²) in [6.07, 6.45) is 0.818. The molecule has 1 N–H and O–H groups in total. The highest BCUT2D eigenvalue weighted by Crippen LogP contribution is 2.18. The molecule has 96 valence electrons. The van der Waals surface area contributed by atoms with Crippen molar-refractivity contribution in [3.05, 3.63) is 29.8 Å². The molecule has 0 aliphatic carbocycles. The van der Waals surface area contributed by atoms with Gasteiger partial charge in [-0.2, -0.15) is 0 Å². The van der Waals surface area contributed by atoms with E-state index in [-0.39, 0.29) is 5.41 Å². The average molecular weight is 255 g/mol. The summed E-state index contributed by atoms with van der Waals surface area (Å²) in [6.45, 7) is 8.63. The van der Waals surface area contributed by atoms with Gasteiger partial charge in [-0.05, 0) is 36.5 Å². The standard InChI is InChI=1S/C13H21NO2S/c1-11-6-5-7-12(10-11)17(15,16)14-9-8-13(2,3)4/h5-7,10,14H,8-9H2,1-4H3. The lowest BCUT2D eigenvalue weighted by atomic mass is 9.93. The third kappa shape index (κ3) is 4.88. The van der Waals surface area contributed by atoms with Crippen molar-refractivity contribution in [1.82, 2.24) is 4.72 Å². The Bertz CT molecular complexity index is 472. The third-order valence-electron chi connectivity index (χ3n) is 2.47. The smallest absolute Gasteiger partial charge is 0.211 e. The molecular formula is C13H21NO2S. The lowest BCUT2D eigenvalue weighted by molar-refractivity contribution is 0.378. The van der Waals surface area contributed by atoms with Crippen LogP contribution in [0.4, 0.5) is 0 Å². The molecule has 3 nitrogen and oxygen atoms in total. The van der Waals surface area contributed by atoms with Crippen LogP contribution in [0.1, 0.15) is 32.8 Å². The van der Waals surface area contributed by atoms with Crippen molar-refractivity contribution in [2.24, 2.45) is 5.41 Å². The van der Waals surface area contributed by atoms with Gasteiger partial charge in [0, 0.05) is 6.54 Å². The Morgan fingerprint density at radius 1 is 1.24 bits per heavy atom. The normalized spacial score (nSPS) is 12.7. The number of hydrogen-bond donors (Lipinski definition) is 1. The van der Waals surface area contributed by atoms with Crippen LogP contribution in [0.3, 0.4) is 0 Å². The van der Waals surface area contributed by atoms with Crippen LogP contribution >= 0.6 is 0 Å². The van der Waals surface area contributed by atoms with Gasteiger partial charge in [0.25, 0.3) is 0 Å². The molecule has 0 saturated carbocycles. The zero-order valence-corrected chi connectivity index (χ0v) is 11.8. The van der Waals surface area contributed by atoms with Crippen LogP contribution in [-0.4, -0.2) is 15.0 Å². The molecule has 0 spiro atoms.